The topological polar surface area (TPSA) is 79.9 Å². The molecule has 1 aromatic carbocycles. The van der Waals surface area contributed by atoms with Gasteiger partial charge in [-0.3, -0.25) is 0 Å². The maximum atomic E-state index is 9.39. The molecule has 19 heavy (non-hydrogen) atoms. The average molecular weight is 328 g/mol. The van der Waals surface area contributed by atoms with E-state index in [9.17, 15) is 5.11 Å². The normalized spacial score (nSPS) is 19.6. The highest BCUT2D eigenvalue weighted by Gasteiger charge is 2.14. The Labute approximate surface area is 121 Å². The van der Waals surface area contributed by atoms with E-state index in [0.717, 1.165) is 25.0 Å². The molecule has 5 nitrogen and oxygen atoms in total. The van der Waals surface area contributed by atoms with E-state index in [2.05, 4.69) is 26.2 Å². The standard InChI is InChI=1S/C13H18BrN3O2/c14-11-6-9(3-4-12(11)18)7-16-13(15)17-8-10-2-1-5-19-10/h3-4,6,10,18H,1-2,5,7-8H2,(H3,15,16,17). The summed E-state index contributed by atoms with van der Waals surface area (Å²) in [5.41, 5.74) is 6.77. The fraction of sp³-hybridized carbons (Fsp3) is 0.462. The zero-order valence-electron chi connectivity index (χ0n) is 10.6. The van der Waals surface area contributed by atoms with E-state index in [0.29, 0.717) is 23.5 Å². The maximum absolute atomic E-state index is 9.39. The largest absolute Gasteiger partial charge is 0.507 e. The summed E-state index contributed by atoms with van der Waals surface area (Å²) in [7, 11) is 0. The molecule has 0 amide bonds. The first-order valence-corrected chi connectivity index (χ1v) is 7.07. The number of benzene rings is 1. The number of aliphatic imine (C=N–C) groups is 1. The first-order valence-electron chi connectivity index (χ1n) is 6.28. The molecule has 1 aliphatic rings. The Kier molecular flexibility index (Phi) is 5.04. The van der Waals surface area contributed by atoms with Crippen LogP contribution in [-0.4, -0.2) is 30.3 Å². The third-order valence-electron chi connectivity index (χ3n) is 2.98. The van der Waals surface area contributed by atoms with Crippen molar-refractivity contribution in [1.82, 2.24) is 5.32 Å². The Morgan fingerprint density at radius 2 is 2.42 bits per heavy atom. The molecule has 0 saturated carbocycles. The molecule has 1 aliphatic heterocycles. The number of aromatic hydroxyl groups is 1. The van der Waals surface area contributed by atoms with Crippen LogP contribution < -0.4 is 11.1 Å². The van der Waals surface area contributed by atoms with Gasteiger partial charge in [0.25, 0.3) is 0 Å². The molecular formula is C13H18BrN3O2. The zero-order valence-corrected chi connectivity index (χ0v) is 12.2. The van der Waals surface area contributed by atoms with Crippen molar-refractivity contribution < 1.29 is 9.84 Å². The monoisotopic (exact) mass is 327 g/mol. The summed E-state index contributed by atoms with van der Waals surface area (Å²) in [6.07, 6.45) is 2.44. The molecule has 0 radical (unpaired) electrons. The number of hydrogen-bond donors (Lipinski definition) is 3. The van der Waals surface area contributed by atoms with E-state index in [1.54, 1.807) is 6.07 Å². The predicted molar refractivity (Wildman–Crippen MR) is 78.1 cm³/mol. The zero-order chi connectivity index (χ0) is 13.7. The highest BCUT2D eigenvalue weighted by molar-refractivity contribution is 9.10. The van der Waals surface area contributed by atoms with Gasteiger partial charge in [0, 0.05) is 13.2 Å². The van der Waals surface area contributed by atoms with Crippen molar-refractivity contribution in [2.45, 2.75) is 25.5 Å². The van der Waals surface area contributed by atoms with Crippen LogP contribution in [0, 0.1) is 0 Å². The number of phenols is 1. The van der Waals surface area contributed by atoms with Crippen molar-refractivity contribution >= 4 is 21.9 Å². The van der Waals surface area contributed by atoms with E-state index in [1.165, 1.54) is 0 Å². The van der Waals surface area contributed by atoms with Gasteiger partial charge in [-0.2, -0.15) is 0 Å². The van der Waals surface area contributed by atoms with E-state index in [4.69, 9.17) is 10.5 Å². The smallest absolute Gasteiger partial charge is 0.189 e. The van der Waals surface area contributed by atoms with Crippen molar-refractivity contribution in [3.8, 4) is 5.75 Å². The van der Waals surface area contributed by atoms with Crippen LogP contribution >= 0.6 is 15.9 Å². The second-order valence-corrected chi connectivity index (χ2v) is 5.36. The van der Waals surface area contributed by atoms with Crippen molar-refractivity contribution in [1.29, 1.82) is 0 Å². The first kappa shape index (κ1) is 14.1. The van der Waals surface area contributed by atoms with Crippen LogP contribution in [0.15, 0.2) is 27.7 Å². The van der Waals surface area contributed by atoms with Crippen LogP contribution in [0.4, 0.5) is 0 Å². The SMILES string of the molecule is NC(=NCc1ccc(O)c(Br)c1)NCC1CCCO1. The van der Waals surface area contributed by atoms with Crippen LogP contribution in [0.5, 0.6) is 5.75 Å². The number of nitrogens with one attached hydrogen (secondary N) is 1. The average Bonchev–Trinajstić information content (AvgIpc) is 2.91. The first-order chi connectivity index (χ1) is 9.15. The van der Waals surface area contributed by atoms with E-state index < -0.39 is 0 Å². The fourth-order valence-corrected chi connectivity index (χ4v) is 2.33. The Balaban J connectivity index is 1.81. The van der Waals surface area contributed by atoms with Crippen molar-refractivity contribution in [3.63, 3.8) is 0 Å². The molecule has 1 fully saturated rings. The van der Waals surface area contributed by atoms with Gasteiger partial charge in [-0.15, -0.1) is 0 Å². The molecule has 104 valence electrons. The molecule has 0 aromatic heterocycles. The Morgan fingerprint density at radius 3 is 3.11 bits per heavy atom. The lowest BCUT2D eigenvalue weighted by molar-refractivity contribution is 0.114. The quantitative estimate of drug-likeness (QED) is 0.581. The van der Waals surface area contributed by atoms with Gasteiger partial charge in [0.1, 0.15) is 5.75 Å². The number of nitrogens with two attached hydrogens (primary N) is 1. The van der Waals surface area contributed by atoms with E-state index in [1.807, 2.05) is 12.1 Å². The van der Waals surface area contributed by atoms with Crippen LogP contribution in [0.3, 0.4) is 0 Å². The lowest BCUT2D eigenvalue weighted by atomic mass is 10.2. The molecule has 2 rings (SSSR count). The number of ether oxygens (including phenoxy) is 1. The molecule has 1 unspecified atom stereocenters. The second-order valence-electron chi connectivity index (χ2n) is 4.50. The minimum absolute atomic E-state index is 0.220. The van der Waals surface area contributed by atoms with Gasteiger partial charge in [0.2, 0.25) is 0 Å². The molecule has 1 saturated heterocycles. The summed E-state index contributed by atoms with van der Waals surface area (Å²) in [4.78, 5) is 4.25. The summed E-state index contributed by atoms with van der Waals surface area (Å²) < 4.78 is 6.15. The Bertz CT molecular complexity index is 459. The highest BCUT2D eigenvalue weighted by Crippen LogP contribution is 2.24. The van der Waals surface area contributed by atoms with Crippen LogP contribution in [0.1, 0.15) is 18.4 Å². The van der Waals surface area contributed by atoms with Crippen molar-refractivity contribution in [2.24, 2.45) is 10.7 Å². The summed E-state index contributed by atoms with van der Waals surface area (Å²) in [6.45, 7) is 2.02. The number of halogens is 1. The molecule has 1 atom stereocenters. The Morgan fingerprint density at radius 1 is 1.58 bits per heavy atom. The number of guanidine groups is 1. The van der Waals surface area contributed by atoms with Gasteiger partial charge in [0.05, 0.1) is 17.1 Å². The number of nitrogens with zero attached hydrogens (tertiary/aromatic N) is 1. The summed E-state index contributed by atoms with van der Waals surface area (Å²) in [5.74, 6) is 0.636. The van der Waals surface area contributed by atoms with Crippen LogP contribution in [0.25, 0.3) is 0 Å². The maximum Gasteiger partial charge on any atom is 0.189 e. The van der Waals surface area contributed by atoms with Gasteiger partial charge in [-0.1, -0.05) is 6.07 Å². The fourth-order valence-electron chi connectivity index (χ4n) is 1.90. The molecule has 0 aliphatic carbocycles. The number of hydrogen-bond acceptors (Lipinski definition) is 3. The van der Waals surface area contributed by atoms with E-state index >= 15 is 0 Å². The van der Waals surface area contributed by atoms with Crippen LogP contribution in [-0.2, 0) is 11.3 Å². The Hall–Kier alpha value is -1.27. The van der Waals surface area contributed by atoms with Crippen LogP contribution in [0.2, 0.25) is 0 Å². The predicted octanol–water partition coefficient (Wildman–Crippen LogP) is 1.74. The summed E-state index contributed by atoms with van der Waals surface area (Å²) >= 11 is 3.27. The molecule has 0 spiro atoms. The van der Waals surface area contributed by atoms with Gasteiger partial charge in [0.15, 0.2) is 5.96 Å². The van der Waals surface area contributed by atoms with Gasteiger partial charge >= 0.3 is 0 Å². The third-order valence-corrected chi connectivity index (χ3v) is 3.61. The third kappa shape index (κ3) is 4.40. The molecule has 6 heteroatoms. The molecular weight excluding hydrogens is 310 g/mol. The summed E-state index contributed by atoms with van der Waals surface area (Å²) in [5, 5.41) is 12.5. The number of rotatable bonds is 4. The van der Waals surface area contributed by atoms with Gasteiger partial charge < -0.3 is 20.9 Å². The van der Waals surface area contributed by atoms with Crippen molar-refractivity contribution in [2.75, 3.05) is 13.2 Å². The second kappa shape index (κ2) is 6.77. The lowest BCUT2D eigenvalue weighted by Gasteiger charge is -2.11. The lowest BCUT2D eigenvalue weighted by Crippen LogP contribution is -2.37. The molecule has 1 heterocycles. The molecule has 4 N–H and O–H groups in total. The number of phenolic OH excluding ortho intramolecular Hbond substituents is 1. The molecule has 1 aromatic rings. The highest BCUT2D eigenvalue weighted by atomic mass is 79.9. The van der Waals surface area contributed by atoms with Gasteiger partial charge in [-0.25, -0.2) is 4.99 Å². The van der Waals surface area contributed by atoms with Crippen molar-refractivity contribution in [3.05, 3.63) is 28.2 Å². The minimum atomic E-state index is 0.220. The van der Waals surface area contributed by atoms with E-state index in [-0.39, 0.29) is 11.9 Å². The summed E-state index contributed by atoms with van der Waals surface area (Å²) in [6, 6.07) is 5.27. The van der Waals surface area contributed by atoms with Gasteiger partial charge in [-0.05, 0) is 46.5 Å². The minimum Gasteiger partial charge on any atom is -0.507 e. The molecule has 0 bridgehead atoms.